The zero-order valence-electron chi connectivity index (χ0n) is 9.78. The van der Waals surface area contributed by atoms with Crippen molar-refractivity contribution < 1.29 is 5.11 Å². The molecule has 2 atom stereocenters. The third-order valence-electron chi connectivity index (χ3n) is 3.35. The van der Waals surface area contributed by atoms with Gasteiger partial charge in [0.1, 0.15) is 0 Å². The van der Waals surface area contributed by atoms with Crippen molar-refractivity contribution in [3.05, 3.63) is 28.8 Å². The molecule has 3 heteroatoms. The molecule has 2 nitrogen and oxygen atoms in total. The molecule has 0 saturated carbocycles. The van der Waals surface area contributed by atoms with Crippen molar-refractivity contribution in [2.45, 2.75) is 32.9 Å². The van der Waals surface area contributed by atoms with E-state index in [0.717, 1.165) is 17.8 Å². The Hall–Kier alpha value is -0.730. The third-order valence-corrected chi connectivity index (χ3v) is 3.70. The van der Waals surface area contributed by atoms with Crippen molar-refractivity contribution >= 4 is 17.3 Å². The highest BCUT2D eigenvalue weighted by atomic mass is 35.5. The van der Waals surface area contributed by atoms with E-state index >= 15 is 0 Å². The minimum atomic E-state index is 0.00656. The molecule has 1 saturated heterocycles. The van der Waals surface area contributed by atoms with Gasteiger partial charge in [-0.25, -0.2) is 0 Å². The van der Waals surface area contributed by atoms with Crippen LogP contribution in [0.3, 0.4) is 0 Å². The first kappa shape index (κ1) is 11.7. The van der Waals surface area contributed by atoms with Crippen molar-refractivity contribution in [3.63, 3.8) is 0 Å². The highest BCUT2D eigenvalue weighted by molar-refractivity contribution is 6.31. The van der Waals surface area contributed by atoms with Gasteiger partial charge in [-0.3, -0.25) is 0 Å². The smallest absolute Gasteiger partial charge is 0.0716 e. The summed E-state index contributed by atoms with van der Waals surface area (Å²) in [6.45, 7) is 5.55. The first-order chi connectivity index (χ1) is 7.63. The highest BCUT2D eigenvalue weighted by Crippen LogP contribution is 2.34. The number of halogens is 1. The van der Waals surface area contributed by atoms with E-state index in [1.807, 2.05) is 18.2 Å². The Morgan fingerprint density at radius 3 is 2.75 bits per heavy atom. The minimum Gasteiger partial charge on any atom is -0.392 e. The molecule has 0 amide bonds. The molecule has 88 valence electrons. The molecular weight excluding hydrogens is 222 g/mol. The molecule has 1 fully saturated rings. The summed E-state index contributed by atoms with van der Waals surface area (Å²) in [5.74, 6) is 0.709. The van der Waals surface area contributed by atoms with E-state index in [4.69, 9.17) is 11.6 Å². The lowest BCUT2D eigenvalue weighted by Gasteiger charge is -2.26. The van der Waals surface area contributed by atoms with Crippen molar-refractivity contribution in [2.75, 3.05) is 11.4 Å². The second kappa shape index (κ2) is 4.64. The largest absolute Gasteiger partial charge is 0.392 e. The van der Waals surface area contributed by atoms with Crippen LogP contribution < -0.4 is 4.90 Å². The molecule has 2 unspecified atom stereocenters. The molecule has 0 spiro atoms. The molecule has 1 aliphatic heterocycles. The van der Waals surface area contributed by atoms with Gasteiger partial charge in [0.2, 0.25) is 0 Å². The van der Waals surface area contributed by atoms with Gasteiger partial charge in [0.25, 0.3) is 0 Å². The van der Waals surface area contributed by atoms with Crippen LogP contribution >= 0.6 is 11.6 Å². The lowest BCUT2D eigenvalue weighted by atomic mass is 10.1. The highest BCUT2D eigenvalue weighted by Gasteiger charge is 2.27. The Bertz CT molecular complexity index is 380. The van der Waals surface area contributed by atoms with Crippen LogP contribution in [0.2, 0.25) is 5.02 Å². The number of aliphatic hydroxyl groups excluding tert-OH is 1. The predicted octanol–water partition coefficient (Wildman–Crippen LogP) is 3.07. The van der Waals surface area contributed by atoms with E-state index in [-0.39, 0.29) is 6.61 Å². The fraction of sp³-hybridized carbons (Fsp3) is 0.538. The second-order valence-electron chi connectivity index (χ2n) is 4.74. The predicted molar refractivity (Wildman–Crippen MR) is 68.0 cm³/mol. The summed E-state index contributed by atoms with van der Waals surface area (Å²) >= 11 is 6.11. The molecule has 1 aliphatic rings. The van der Waals surface area contributed by atoms with Crippen LogP contribution in [-0.2, 0) is 6.61 Å². The average Bonchev–Trinajstić information content (AvgIpc) is 2.57. The van der Waals surface area contributed by atoms with E-state index in [1.54, 1.807) is 0 Å². The lowest BCUT2D eigenvalue weighted by Crippen LogP contribution is -2.27. The van der Waals surface area contributed by atoms with Crippen molar-refractivity contribution in [2.24, 2.45) is 5.92 Å². The van der Waals surface area contributed by atoms with E-state index in [0.29, 0.717) is 17.0 Å². The summed E-state index contributed by atoms with van der Waals surface area (Å²) in [5.41, 5.74) is 1.94. The van der Waals surface area contributed by atoms with Gasteiger partial charge in [-0.05, 0) is 31.4 Å². The quantitative estimate of drug-likeness (QED) is 0.858. The van der Waals surface area contributed by atoms with Gasteiger partial charge in [-0.15, -0.1) is 0 Å². The fourth-order valence-corrected chi connectivity index (χ4v) is 2.84. The summed E-state index contributed by atoms with van der Waals surface area (Å²) in [5, 5.41) is 10.1. The number of aliphatic hydroxyl groups is 1. The minimum absolute atomic E-state index is 0.00656. The van der Waals surface area contributed by atoms with Gasteiger partial charge in [0.05, 0.1) is 6.61 Å². The first-order valence-electron chi connectivity index (χ1n) is 5.78. The number of nitrogens with zero attached hydrogens (tertiary/aromatic N) is 1. The van der Waals surface area contributed by atoms with Crippen LogP contribution in [0.25, 0.3) is 0 Å². The number of rotatable bonds is 2. The van der Waals surface area contributed by atoms with Crippen molar-refractivity contribution in [1.82, 2.24) is 0 Å². The monoisotopic (exact) mass is 239 g/mol. The summed E-state index contributed by atoms with van der Waals surface area (Å²) in [6.07, 6.45) is 1.21. The normalized spacial score (nSPS) is 25.1. The maximum absolute atomic E-state index is 9.40. The molecular formula is C13H18ClNO. The molecule has 1 aromatic rings. The standard InChI is InChI=1S/C13H18ClNO/c1-9-6-10(2)15(7-9)13-5-3-4-12(14)11(13)8-16/h3-5,9-10,16H,6-8H2,1-2H3. The van der Waals surface area contributed by atoms with E-state index in [2.05, 4.69) is 18.7 Å². The summed E-state index contributed by atoms with van der Waals surface area (Å²) in [4.78, 5) is 2.35. The third kappa shape index (κ3) is 2.04. The summed E-state index contributed by atoms with van der Waals surface area (Å²) < 4.78 is 0. The zero-order valence-corrected chi connectivity index (χ0v) is 10.5. The van der Waals surface area contributed by atoms with Gasteiger partial charge in [-0.2, -0.15) is 0 Å². The van der Waals surface area contributed by atoms with Gasteiger partial charge in [0.15, 0.2) is 0 Å². The van der Waals surface area contributed by atoms with Crippen molar-refractivity contribution in [3.8, 4) is 0 Å². The molecule has 0 aliphatic carbocycles. The van der Waals surface area contributed by atoms with Gasteiger partial charge >= 0.3 is 0 Å². The number of hydrogen-bond donors (Lipinski definition) is 1. The van der Waals surface area contributed by atoms with E-state index in [1.165, 1.54) is 6.42 Å². The average molecular weight is 240 g/mol. The van der Waals surface area contributed by atoms with Gasteiger partial charge < -0.3 is 10.0 Å². The van der Waals surface area contributed by atoms with Gasteiger partial charge in [0, 0.05) is 28.9 Å². The first-order valence-corrected chi connectivity index (χ1v) is 6.16. The van der Waals surface area contributed by atoms with Crippen LogP contribution in [0, 0.1) is 5.92 Å². The summed E-state index contributed by atoms with van der Waals surface area (Å²) in [7, 11) is 0. The Labute approximate surface area is 102 Å². The maximum Gasteiger partial charge on any atom is 0.0716 e. The Kier molecular flexibility index (Phi) is 3.41. The van der Waals surface area contributed by atoms with Gasteiger partial charge in [-0.1, -0.05) is 24.6 Å². The van der Waals surface area contributed by atoms with E-state index < -0.39 is 0 Å². The molecule has 16 heavy (non-hydrogen) atoms. The molecule has 1 N–H and O–H groups in total. The second-order valence-corrected chi connectivity index (χ2v) is 5.15. The van der Waals surface area contributed by atoms with Crippen LogP contribution in [0.15, 0.2) is 18.2 Å². The van der Waals surface area contributed by atoms with Crippen LogP contribution in [0.1, 0.15) is 25.8 Å². The number of anilines is 1. The molecule has 0 bridgehead atoms. The fourth-order valence-electron chi connectivity index (χ4n) is 2.61. The topological polar surface area (TPSA) is 23.5 Å². The van der Waals surface area contributed by atoms with Crippen LogP contribution in [0.4, 0.5) is 5.69 Å². The van der Waals surface area contributed by atoms with Crippen LogP contribution in [0.5, 0.6) is 0 Å². The number of benzene rings is 1. The maximum atomic E-state index is 9.40. The Balaban J connectivity index is 2.36. The molecule has 0 radical (unpaired) electrons. The van der Waals surface area contributed by atoms with E-state index in [9.17, 15) is 5.11 Å². The van der Waals surface area contributed by atoms with Crippen LogP contribution in [-0.4, -0.2) is 17.7 Å². The van der Waals surface area contributed by atoms with Crippen molar-refractivity contribution in [1.29, 1.82) is 0 Å². The SMILES string of the molecule is CC1CC(C)N(c2cccc(Cl)c2CO)C1. The molecule has 2 rings (SSSR count). The Morgan fingerprint density at radius 1 is 1.44 bits per heavy atom. The lowest BCUT2D eigenvalue weighted by molar-refractivity contribution is 0.282. The summed E-state index contributed by atoms with van der Waals surface area (Å²) in [6, 6.07) is 6.36. The Morgan fingerprint density at radius 2 is 2.19 bits per heavy atom. The molecule has 1 aromatic carbocycles. The zero-order chi connectivity index (χ0) is 11.7. The molecule has 1 heterocycles. The number of hydrogen-bond acceptors (Lipinski definition) is 2. The molecule has 0 aromatic heterocycles.